The summed E-state index contributed by atoms with van der Waals surface area (Å²) >= 11 is 0. The Morgan fingerprint density at radius 3 is 2.43 bits per heavy atom. The Hall–Kier alpha value is -1.72. The molecule has 0 radical (unpaired) electrons. The van der Waals surface area contributed by atoms with E-state index in [2.05, 4.69) is 4.74 Å². The molecule has 1 aromatic carbocycles. The molecule has 0 bridgehead atoms. The minimum absolute atomic E-state index is 0.234. The quantitative estimate of drug-likeness (QED) is 0.429. The van der Waals surface area contributed by atoms with Crippen LogP contribution >= 0.6 is 0 Å². The normalized spacial score (nSPS) is 10.0. The van der Waals surface area contributed by atoms with Crippen LogP contribution in [0.25, 0.3) is 0 Å². The highest BCUT2D eigenvalue weighted by atomic mass is 19.2. The fraction of sp³-hybridized carbons (Fsp3) is 0.125. The number of methoxy groups -OCH3 is 1. The zero-order chi connectivity index (χ0) is 10.9. The van der Waals surface area contributed by atoms with Gasteiger partial charge in [-0.15, -0.1) is 0 Å². The number of carbonyl (C=O) groups is 1. The second-order valence-electron chi connectivity index (χ2n) is 2.43. The summed E-state index contributed by atoms with van der Waals surface area (Å²) in [6, 6.07) is 0.234. The molecule has 1 rings (SSSR count). The number of hydrogen-bond acceptors (Lipinski definition) is 3. The molecule has 0 aliphatic rings. The van der Waals surface area contributed by atoms with Crippen molar-refractivity contribution in [1.29, 1.82) is 0 Å². The van der Waals surface area contributed by atoms with Crippen molar-refractivity contribution in [2.24, 2.45) is 0 Å². The topological polar surface area (TPSA) is 52.3 Å². The van der Waals surface area contributed by atoms with Crippen LogP contribution in [-0.2, 0) is 4.74 Å². The van der Waals surface area contributed by atoms with Crippen molar-refractivity contribution in [3.05, 3.63) is 29.1 Å². The third-order valence-corrected chi connectivity index (χ3v) is 1.60. The van der Waals surface area contributed by atoms with Gasteiger partial charge in [-0.25, -0.2) is 18.0 Å². The van der Waals surface area contributed by atoms with Gasteiger partial charge in [0.15, 0.2) is 11.6 Å². The van der Waals surface area contributed by atoms with E-state index in [4.69, 9.17) is 5.73 Å². The van der Waals surface area contributed by atoms with E-state index >= 15 is 0 Å². The number of anilines is 1. The third-order valence-electron chi connectivity index (χ3n) is 1.60. The fourth-order valence-corrected chi connectivity index (χ4v) is 0.923. The molecular weight excluding hydrogens is 199 g/mol. The van der Waals surface area contributed by atoms with Gasteiger partial charge < -0.3 is 10.5 Å². The maximum atomic E-state index is 12.9. The minimum Gasteiger partial charge on any atom is -0.465 e. The van der Waals surface area contributed by atoms with Crippen LogP contribution in [0.3, 0.4) is 0 Å². The number of benzene rings is 1. The third kappa shape index (κ3) is 1.50. The van der Waals surface area contributed by atoms with Crippen LogP contribution in [0.15, 0.2) is 6.07 Å². The lowest BCUT2D eigenvalue weighted by atomic mass is 10.1. The summed E-state index contributed by atoms with van der Waals surface area (Å²) in [6.07, 6.45) is 0. The maximum Gasteiger partial charge on any atom is 0.343 e. The Morgan fingerprint density at radius 1 is 1.36 bits per heavy atom. The lowest BCUT2D eigenvalue weighted by Crippen LogP contribution is -2.11. The van der Waals surface area contributed by atoms with E-state index < -0.39 is 34.7 Å². The van der Waals surface area contributed by atoms with Crippen molar-refractivity contribution in [3.63, 3.8) is 0 Å². The zero-order valence-electron chi connectivity index (χ0n) is 7.11. The first-order valence-corrected chi connectivity index (χ1v) is 3.50. The van der Waals surface area contributed by atoms with E-state index in [0.717, 1.165) is 7.11 Å². The summed E-state index contributed by atoms with van der Waals surface area (Å²) in [5.41, 5.74) is 3.31. The summed E-state index contributed by atoms with van der Waals surface area (Å²) in [5.74, 6) is -5.33. The number of esters is 1. The van der Waals surface area contributed by atoms with Crippen molar-refractivity contribution >= 4 is 11.7 Å². The monoisotopic (exact) mass is 205 g/mol. The van der Waals surface area contributed by atoms with Crippen LogP contribution in [0.5, 0.6) is 0 Å². The second-order valence-corrected chi connectivity index (χ2v) is 2.43. The minimum atomic E-state index is -1.47. The largest absolute Gasteiger partial charge is 0.465 e. The van der Waals surface area contributed by atoms with Crippen LogP contribution in [0.1, 0.15) is 10.4 Å². The predicted molar refractivity (Wildman–Crippen MR) is 42.1 cm³/mol. The molecule has 14 heavy (non-hydrogen) atoms. The molecule has 0 saturated carbocycles. The molecule has 2 N–H and O–H groups in total. The van der Waals surface area contributed by atoms with Crippen LogP contribution in [0.4, 0.5) is 18.9 Å². The van der Waals surface area contributed by atoms with Crippen molar-refractivity contribution < 1.29 is 22.7 Å². The molecule has 0 atom stereocenters. The first-order chi connectivity index (χ1) is 6.49. The van der Waals surface area contributed by atoms with Gasteiger partial charge in [0.05, 0.1) is 12.8 Å². The van der Waals surface area contributed by atoms with Crippen LogP contribution < -0.4 is 5.73 Å². The van der Waals surface area contributed by atoms with Gasteiger partial charge in [-0.05, 0) is 0 Å². The van der Waals surface area contributed by atoms with Crippen molar-refractivity contribution in [1.82, 2.24) is 0 Å². The molecule has 3 nitrogen and oxygen atoms in total. The zero-order valence-corrected chi connectivity index (χ0v) is 7.11. The van der Waals surface area contributed by atoms with E-state index in [9.17, 15) is 18.0 Å². The van der Waals surface area contributed by atoms with Gasteiger partial charge in [0.2, 0.25) is 0 Å². The number of halogens is 3. The van der Waals surface area contributed by atoms with E-state index in [1.807, 2.05) is 0 Å². The highest BCUT2D eigenvalue weighted by molar-refractivity contribution is 5.95. The van der Waals surface area contributed by atoms with Gasteiger partial charge in [-0.1, -0.05) is 0 Å². The van der Waals surface area contributed by atoms with Crippen molar-refractivity contribution in [3.8, 4) is 0 Å². The Kier molecular flexibility index (Phi) is 2.64. The van der Waals surface area contributed by atoms with Gasteiger partial charge >= 0.3 is 5.97 Å². The number of nitrogens with two attached hydrogens (primary N) is 1. The number of hydrogen-bond donors (Lipinski definition) is 1. The molecular formula is C8H6F3NO2. The number of nitrogen functional groups attached to an aromatic ring is 1. The Morgan fingerprint density at radius 2 is 1.93 bits per heavy atom. The fourth-order valence-electron chi connectivity index (χ4n) is 0.923. The predicted octanol–water partition coefficient (Wildman–Crippen LogP) is 1.47. The van der Waals surface area contributed by atoms with E-state index in [0.29, 0.717) is 0 Å². The number of carbonyl (C=O) groups excluding carboxylic acids is 1. The summed E-state index contributed by atoms with van der Waals surface area (Å²) in [6.45, 7) is 0. The van der Waals surface area contributed by atoms with Gasteiger partial charge in [0, 0.05) is 6.07 Å². The van der Waals surface area contributed by atoms with Gasteiger partial charge in [0.1, 0.15) is 11.4 Å². The molecule has 0 aromatic heterocycles. The van der Waals surface area contributed by atoms with Crippen LogP contribution in [-0.4, -0.2) is 13.1 Å². The Balaban J connectivity index is 3.44. The second kappa shape index (κ2) is 3.57. The summed E-state index contributed by atoms with van der Waals surface area (Å²) < 4.78 is 42.4. The molecule has 76 valence electrons. The Bertz CT molecular complexity index is 393. The van der Waals surface area contributed by atoms with E-state index in [1.54, 1.807) is 0 Å². The summed E-state index contributed by atoms with van der Waals surface area (Å²) in [7, 11) is 0.975. The molecule has 0 fully saturated rings. The molecule has 0 heterocycles. The van der Waals surface area contributed by atoms with Gasteiger partial charge in [0.25, 0.3) is 0 Å². The lowest BCUT2D eigenvalue weighted by molar-refractivity contribution is 0.0596. The average molecular weight is 205 g/mol. The Labute approximate surface area is 77.3 Å². The molecule has 0 aliphatic heterocycles. The first-order valence-electron chi connectivity index (χ1n) is 3.50. The molecule has 0 saturated heterocycles. The number of rotatable bonds is 1. The molecule has 0 amide bonds. The van der Waals surface area contributed by atoms with Crippen molar-refractivity contribution in [2.75, 3.05) is 12.8 Å². The van der Waals surface area contributed by atoms with Crippen LogP contribution in [0, 0.1) is 17.5 Å². The van der Waals surface area contributed by atoms with E-state index in [1.165, 1.54) is 0 Å². The number of ether oxygens (including phenoxy) is 1. The van der Waals surface area contributed by atoms with Crippen molar-refractivity contribution in [2.45, 2.75) is 0 Å². The van der Waals surface area contributed by atoms with Gasteiger partial charge in [-0.3, -0.25) is 0 Å². The van der Waals surface area contributed by atoms with Crippen LogP contribution in [0.2, 0.25) is 0 Å². The average Bonchev–Trinajstić information content (AvgIpc) is 2.14. The summed E-state index contributed by atoms with van der Waals surface area (Å²) in [4.78, 5) is 10.9. The smallest absolute Gasteiger partial charge is 0.343 e. The first kappa shape index (κ1) is 10.4. The molecule has 0 spiro atoms. The molecule has 1 aromatic rings. The van der Waals surface area contributed by atoms with E-state index in [-0.39, 0.29) is 6.07 Å². The highest BCUT2D eigenvalue weighted by Crippen LogP contribution is 2.23. The maximum absolute atomic E-state index is 12.9. The molecule has 0 unspecified atom stereocenters. The molecule has 0 aliphatic carbocycles. The summed E-state index contributed by atoms with van der Waals surface area (Å²) in [5, 5.41) is 0. The lowest BCUT2D eigenvalue weighted by Gasteiger charge is -2.06. The highest BCUT2D eigenvalue weighted by Gasteiger charge is 2.22. The van der Waals surface area contributed by atoms with Gasteiger partial charge in [-0.2, -0.15) is 0 Å². The SMILES string of the molecule is COC(=O)c1c(F)cc(F)c(F)c1N. The molecule has 6 heteroatoms. The standard InChI is InChI=1S/C8H6F3NO2/c1-14-8(13)5-3(9)2-4(10)6(11)7(5)12/h2H,12H2,1H3.